The van der Waals surface area contributed by atoms with Gasteiger partial charge in [-0.2, -0.15) is 0 Å². The summed E-state index contributed by atoms with van der Waals surface area (Å²) in [5.41, 5.74) is 2.33. The van der Waals surface area contributed by atoms with Crippen LogP contribution in [0.1, 0.15) is 59.4 Å². The molecule has 2 atom stereocenters. The Morgan fingerprint density at radius 2 is 1.89 bits per heavy atom. The Morgan fingerprint density at radius 3 is 2.49 bits per heavy atom. The second-order valence-electron chi connectivity index (χ2n) is 10.8. The first kappa shape index (κ1) is 29.7. The molecule has 1 fully saturated rings. The fraction of sp³-hybridized carbons (Fsp3) is 0.593. The zero-order chi connectivity index (χ0) is 26.2. The van der Waals surface area contributed by atoms with Gasteiger partial charge < -0.3 is 9.16 Å². The minimum absolute atomic E-state index is 0.0448. The van der Waals surface area contributed by atoms with Gasteiger partial charge >= 0.3 is 5.97 Å². The number of hydrogen-bond donors (Lipinski definition) is 0. The zero-order valence-electron chi connectivity index (χ0n) is 22.3. The molecular formula is C27H41NO4S2Si. The van der Waals surface area contributed by atoms with Gasteiger partial charge in [0.25, 0.3) is 0 Å². The molecule has 0 unspecified atom stereocenters. The number of carbonyl (C=O) groups excluding carboxylic acids is 2. The van der Waals surface area contributed by atoms with Crippen LogP contribution in [0.15, 0.2) is 42.0 Å². The highest BCUT2D eigenvalue weighted by Gasteiger charge is 2.41. The molecule has 0 aliphatic carbocycles. The van der Waals surface area contributed by atoms with Crippen LogP contribution in [0.2, 0.25) is 18.1 Å². The fourth-order valence-electron chi connectivity index (χ4n) is 3.68. The fourth-order valence-corrected chi connectivity index (χ4v) is 6.52. The molecule has 35 heavy (non-hydrogen) atoms. The van der Waals surface area contributed by atoms with E-state index >= 15 is 0 Å². The van der Waals surface area contributed by atoms with Crippen molar-refractivity contribution in [1.82, 2.24) is 4.90 Å². The summed E-state index contributed by atoms with van der Waals surface area (Å²) in [7, 11) is -2.08. The van der Waals surface area contributed by atoms with E-state index in [1.807, 2.05) is 36.1 Å². The molecule has 0 spiro atoms. The number of esters is 1. The Balaban J connectivity index is 2.13. The standard InChI is InChI=1S/C27H41NO4S2Si/c1-20(15-16-31-21(2)29)13-14-24(32-35(6,7)27(3,4)5)18-25(30)28-23(19-34-26(28)33)17-22-11-9-8-10-12-22/h8-12,15,23-24H,13-14,16-19H2,1-7H3/b20-15-/t23-,24-/m0/s1. The SMILES string of the molecule is CC(=O)OC/C=C(/C)CC[C@@H](CC(=O)N1C(=S)SC[C@@H]1Cc1ccccc1)O[Si](C)(C)C(C)(C)C. The van der Waals surface area contributed by atoms with Crippen molar-refractivity contribution >= 4 is 48.5 Å². The van der Waals surface area contributed by atoms with Crippen LogP contribution >= 0.6 is 24.0 Å². The van der Waals surface area contributed by atoms with E-state index in [9.17, 15) is 9.59 Å². The summed E-state index contributed by atoms with van der Waals surface area (Å²) in [6.07, 6.45) is 4.36. The lowest BCUT2D eigenvalue weighted by Gasteiger charge is -2.39. The first-order valence-electron chi connectivity index (χ1n) is 12.3. The molecule has 0 radical (unpaired) electrons. The van der Waals surface area contributed by atoms with Gasteiger partial charge in [-0.25, -0.2) is 0 Å². The summed E-state index contributed by atoms with van der Waals surface area (Å²) < 4.78 is 12.4. The number of nitrogens with zero attached hydrogens (tertiary/aromatic N) is 1. The summed E-state index contributed by atoms with van der Waals surface area (Å²) in [6.45, 7) is 14.8. The van der Waals surface area contributed by atoms with Gasteiger partial charge in [0.05, 0.1) is 18.6 Å². The number of carbonyl (C=O) groups is 2. The predicted octanol–water partition coefficient (Wildman–Crippen LogP) is 6.53. The van der Waals surface area contributed by atoms with Crippen molar-refractivity contribution in [2.75, 3.05) is 12.4 Å². The van der Waals surface area contributed by atoms with Crippen molar-refractivity contribution in [2.24, 2.45) is 0 Å². The Bertz CT molecular complexity index is 912. The molecule has 1 heterocycles. The van der Waals surface area contributed by atoms with Crippen molar-refractivity contribution in [3.63, 3.8) is 0 Å². The molecule has 0 N–H and O–H groups in total. The molecule has 1 amide bonds. The molecule has 1 aliphatic rings. The molecule has 0 aromatic heterocycles. The average molecular weight is 536 g/mol. The summed E-state index contributed by atoms with van der Waals surface area (Å²) in [4.78, 5) is 26.5. The zero-order valence-corrected chi connectivity index (χ0v) is 24.9. The maximum atomic E-state index is 13.6. The lowest BCUT2D eigenvalue weighted by Crippen LogP contribution is -2.46. The van der Waals surface area contributed by atoms with Gasteiger partial charge in [0, 0.05) is 12.7 Å². The number of ether oxygens (including phenoxy) is 1. The molecule has 1 aliphatic heterocycles. The van der Waals surface area contributed by atoms with Crippen molar-refractivity contribution < 1.29 is 18.8 Å². The molecule has 0 saturated carbocycles. The minimum atomic E-state index is -2.08. The van der Waals surface area contributed by atoms with Gasteiger partial charge in [-0.15, -0.1) is 0 Å². The van der Waals surface area contributed by atoms with E-state index in [2.05, 4.69) is 46.0 Å². The molecule has 5 nitrogen and oxygen atoms in total. The van der Waals surface area contributed by atoms with Gasteiger partial charge in [-0.3, -0.25) is 14.5 Å². The maximum absolute atomic E-state index is 13.6. The van der Waals surface area contributed by atoms with E-state index in [0.29, 0.717) is 10.7 Å². The number of thioether (sulfide) groups is 1. The van der Waals surface area contributed by atoms with Crippen LogP contribution in [0.25, 0.3) is 0 Å². The topological polar surface area (TPSA) is 55.8 Å². The van der Waals surface area contributed by atoms with Crippen LogP contribution in [-0.2, 0) is 25.2 Å². The number of allylic oxidation sites excluding steroid dienone is 1. The van der Waals surface area contributed by atoms with Crippen molar-refractivity contribution in [2.45, 2.75) is 90.6 Å². The second kappa shape index (κ2) is 13.2. The monoisotopic (exact) mass is 535 g/mol. The van der Waals surface area contributed by atoms with Gasteiger partial charge in [-0.05, 0) is 56.0 Å². The Hall–Kier alpha value is -1.48. The van der Waals surface area contributed by atoms with E-state index in [4.69, 9.17) is 21.4 Å². The number of benzene rings is 1. The third-order valence-electron chi connectivity index (χ3n) is 6.79. The molecule has 194 valence electrons. The predicted molar refractivity (Wildman–Crippen MR) is 152 cm³/mol. The van der Waals surface area contributed by atoms with Gasteiger partial charge in [0.15, 0.2) is 8.32 Å². The molecule has 8 heteroatoms. The van der Waals surface area contributed by atoms with Crippen LogP contribution in [0.5, 0.6) is 0 Å². The van der Waals surface area contributed by atoms with E-state index in [0.717, 1.165) is 30.6 Å². The van der Waals surface area contributed by atoms with Crippen LogP contribution in [0.4, 0.5) is 0 Å². The number of hydrogen-bond acceptors (Lipinski definition) is 6. The largest absolute Gasteiger partial charge is 0.462 e. The van der Waals surface area contributed by atoms with Gasteiger partial charge in [0.1, 0.15) is 10.9 Å². The minimum Gasteiger partial charge on any atom is -0.462 e. The van der Waals surface area contributed by atoms with Gasteiger partial charge in [-0.1, -0.05) is 80.7 Å². The van der Waals surface area contributed by atoms with Crippen molar-refractivity contribution in [3.8, 4) is 0 Å². The van der Waals surface area contributed by atoms with E-state index < -0.39 is 8.32 Å². The van der Waals surface area contributed by atoms with Crippen LogP contribution < -0.4 is 0 Å². The third kappa shape index (κ3) is 9.48. The summed E-state index contributed by atoms with van der Waals surface area (Å²) in [5, 5.41) is 0.0448. The Morgan fingerprint density at radius 1 is 1.23 bits per heavy atom. The number of amides is 1. The van der Waals surface area contributed by atoms with Crippen molar-refractivity contribution in [1.29, 1.82) is 0 Å². The third-order valence-corrected chi connectivity index (χ3v) is 12.9. The smallest absolute Gasteiger partial charge is 0.302 e. The van der Waals surface area contributed by atoms with Crippen molar-refractivity contribution in [3.05, 3.63) is 47.5 Å². The first-order valence-corrected chi connectivity index (χ1v) is 16.6. The lowest BCUT2D eigenvalue weighted by molar-refractivity contribution is -0.139. The van der Waals surface area contributed by atoms with Crippen LogP contribution in [0, 0.1) is 0 Å². The van der Waals surface area contributed by atoms with Gasteiger partial charge in [0.2, 0.25) is 5.91 Å². The Kier molecular flexibility index (Phi) is 11.2. The van der Waals surface area contributed by atoms with Crippen LogP contribution in [-0.4, -0.2) is 53.9 Å². The Labute approximate surface area is 222 Å². The second-order valence-corrected chi connectivity index (χ2v) is 17.2. The number of thiocarbonyl (C=S) groups is 1. The highest BCUT2D eigenvalue weighted by atomic mass is 32.2. The van der Waals surface area contributed by atoms with Crippen LogP contribution in [0.3, 0.4) is 0 Å². The molecule has 0 bridgehead atoms. The molecular weight excluding hydrogens is 495 g/mol. The highest BCUT2D eigenvalue weighted by Crippen LogP contribution is 2.38. The molecule has 2 rings (SSSR count). The lowest BCUT2D eigenvalue weighted by atomic mass is 10.0. The van der Waals surface area contributed by atoms with E-state index in [1.54, 1.807) is 11.8 Å². The summed E-state index contributed by atoms with van der Waals surface area (Å²) in [6, 6.07) is 10.3. The molecule has 1 aromatic rings. The maximum Gasteiger partial charge on any atom is 0.302 e. The number of rotatable bonds is 11. The quantitative estimate of drug-likeness (QED) is 0.139. The first-order chi connectivity index (χ1) is 16.3. The normalized spacial score (nSPS) is 18.0. The van der Waals surface area contributed by atoms with E-state index in [-0.39, 0.29) is 35.7 Å². The summed E-state index contributed by atoms with van der Waals surface area (Å²) in [5.74, 6) is 0.583. The average Bonchev–Trinajstić information content (AvgIpc) is 3.11. The van der Waals surface area contributed by atoms with E-state index in [1.165, 1.54) is 12.5 Å². The highest BCUT2D eigenvalue weighted by molar-refractivity contribution is 8.23. The summed E-state index contributed by atoms with van der Waals surface area (Å²) >= 11 is 7.18. The molecule has 1 aromatic carbocycles. The molecule has 1 saturated heterocycles.